The third-order valence-electron chi connectivity index (χ3n) is 2.77. The van der Waals surface area contributed by atoms with Crippen LogP contribution in [-0.4, -0.2) is 29.2 Å². The van der Waals surface area contributed by atoms with E-state index in [9.17, 15) is 5.11 Å². The minimum absolute atomic E-state index is 0.111. The maximum atomic E-state index is 9.38. The minimum Gasteiger partial charge on any atom is -0.392 e. The third kappa shape index (κ3) is 2.34. The van der Waals surface area contributed by atoms with Crippen molar-refractivity contribution in [3.05, 3.63) is 35.4 Å². The van der Waals surface area contributed by atoms with Crippen LogP contribution in [0.15, 0.2) is 24.3 Å². The number of likely N-dealkylation sites (tertiary alicyclic amines) is 1. The maximum absolute atomic E-state index is 9.38. The molecule has 0 aromatic heterocycles. The van der Waals surface area contributed by atoms with Gasteiger partial charge in [0.25, 0.3) is 0 Å². The molecule has 1 aliphatic heterocycles. The fourth-order valence-corrected chi connectivity index (χ4v) is 1.91. The molecule has 0 aliphatic carbocycles. The van der Waals surface area contributed by atoms with Gasteiger partial charge in [0.2, 0.25) is 0 Å². The zero-order valence-electron chi connectivity index (χ0n) is 8.61. The van der Waals surface area contributed by atoms with Crippen molar-refractivity contribution in [1.29, 1.82) is 0 Å². The Kier molecular flexibility index (Phi) is 2.85. The Balaban J connectivity index is 1.94. The Morgan fingerprint density at radius 2 is 2.07 bits per heavy atom. The van der Waals surface area contributed by atoms with Gasteiger partial charge in [-0.25, -0.2) is 0 Å². The molecule has 14 heavy (non-hydrogen) atoms. The molecule has 1 heterocycles. The van der Waals surface area contributed by atoms with Crippen LogP contribution in [0.3, 0.4) is 0 Å². The second kappa shape index (κ2) is 4.11. The molecule has 2 nitrogen and oxygen atoms in total. The molecule has 1 aromatic carbocycles. The van der Waals surface area contributed by atoms with Crippen LogP contribution in [-0.2, 0) is 6.54 Å². The van der Waals surface area contributed by atoms with E-state index in [0.717, 1.165) is 26.1 Å². The molecule has 1 fully saturated rings. The van der Waals surface area contributed by atoms with Crippen molar-refractivity contribution in [3.8, 4) is 0 Å². The zero-order valence-corrected chi connectivity index (χ0v) is 8.61. The van der Waals surface area contributed by atoms with Crippen LogP contribution in [0.4, 0.5) is 0 Å². The Labute approximate surface area is 85.2 Å². The lowest BCUT2D eigenvalue weighted by Gasteiger charge is -2.14. The molecule has 0 spiro atoms. The molecule has 2 heteroatoms. The molecule has 0 bridgehead atoms. The van der Waals surface area contributed by atoms with Gasteiger partial charge in [0.1, 0.15) is 0 Å². The highest BCUT2D eigenvalue weighted by molar-refractivity contribution is 5.21. The van der Waals surface area contributed by atoms with Crippen molar-refractivity contribution in [2.75, 3.05) is 13.1 Å². The van der Waals surface area contributed by atoms with E-state index in [0.29, 0.717) is 0 Å². The van der Waals surface area contributed by atoms with Crippen molar-refractivity contribution >= 4 is 0 Å². The van der Waals surface area contributed by atoms with Gasteiger partial charge in [0.05, 0.1) is 6.10 Å². The van der Waals surface area contributed by atoms with Gasteiger partial charge in [-0.3, -0.25) is 4.90 Å². The van der Waals surface area contributed by atoms with E-state index in [-0.39, 0.29) is 6.10 Å². The first kappa shape index (κ1) is 9.69. The largest absolute Gasteiger partial charge is 0.392 e. The molecule has 0 saturated carbocycles. The third-order valence-corrected chi connectivity index (χ3v) is 2.77. The molecule has 1 aromatic rings. The molecule has 1 N–H and O–H groups in total. The summed E-state index contributed by atoms with van der Waals surface area (Å²) in [7, 11) is 0. The van der Waals surface area contributed by atoms with Gasteiger partial charge in [-0.2, -0.15) is 0 Å². The van der Waals surface area contributed by atoms with Gasteiger partial charge in [-0.05, 0) is 18.9 Å². The van der Waals surface area contributed by atoms with E-state index >= 15 is 0 Å². The summed E-state index contributed by atoms with van der Waals surface area (Å²) in [6, 6.07) is 8.61. The highest BCUT2D eigenvalue weighted by Gasteiger charge is 2.19. The van der Waals surface area contributed by atoms with Gasteiger partial charge in [-0.15, -0.1) is 0 Å². The van der Waals surface area contributed by atoms with Crippen LogP contribution in [0, 0.1) is 6.92 Å². The van der Waals surface area contributed by atoms with Crippen LogP contribution in [0.1, 0.15) is 17.5 Å². The second-order valence-electron chi connectivity index (χ2n) is 4.16. The van der Waals surface area contributed by atoms with Crippen molar-refractivity contribution < 1.29 is 5.11 Å². The highest BCUT2D eigenvalue weighted by atomic mass is 16.3. The highest BCUT2D eigenvalue weighted by Crippen LogP contribution is 2.13. The monoisotopic (exact) mass is 191 g/mol. The van der Waals surface area contributed by atoms with Gasteiger partial charge >= 0.3 is 0 Å². The molecular weight excluding hydrogens is 174 g/mol. The predicted molar refractivity (Wildman–Crippen MR) is 57.1 cm³/mol. The van der Waals surface area contributed by atoms with E-state index in [1.165, 1.54) is 11.1 Å². The average molecular weight is 191 g/mol. The summed E-state index contributed by atoms with van der Waals surface area (Å²) in [5.41, 5.74) is 2.64. The first-order valence-electron chi connectivity index (χ1n) is 5.20. The molecule has 0 unspecified atom stereocenters. The predicted octanol–water partition coefficient (Wildman–Crippen LogP) is 1.56. The van der Waals surface area contributed by atoms with E-state index in [1.54, 1.807) is 0 Å². The molecular formula is C12H17NO. The van der Waals surface area contributed by atoms with Gasteiger partial charge in [0, 0.05) is 19.6 Å². The molecule has 76 valence electrons. The molecule has 0 amide bonds. The van der Waals surface area contributed by atoms with E-state index in [1.807, 2.05) is 0 Å². The van der Waals surface area contributed by atoms with E-state index < -0.39 is 0 Å². The lowest BCUT2D eigenvalue weighted by Crippen LogP contribution is -2.21. The maximum Gasteiger partial charge on any atom is 0.0679 e. The fraction of sp³-hybridized carbons (Fsp3) is 0.500. The Morgan fingerprint density at radius 3 is 2.64 bits per heavy atom. The average Bonchev–Trinajstić information content (AvgIpc) is 2.56. The van der Waals surface area contributed by atoms with E-state index in [4.69, 9.17) is 0 Å². The number of benzene rings is 1. The number of aryl methyl sites for hydroxylation is 1. The Morgan fingerprint density at radius 1 is 1.36 bits per heavy atom. The number of nitrogens with zero attached hydrogens (tertiary/aromatic N) is 1. The number of β-amino-alcohol motifs (C(OH)–C–C–N with tert-alkyl or cyclic N) is 1. The minimum atomic E-state index is -0.111. The van der Waals surface area contributed by atoms with E-state index in [2.05, 4.69) is 36.1 Å². The van der Waals surface area contributed by atoms with Gasteiger partial charge < -0.3 is 5.11 Å². The molecule has 1 atom stereocenters. The van der Waals surface area contributed by atoms with Gasteiger partial charge in [0.15, 0.2) is 0 Å². The number of aliphatic hydroxyl groups excluding tert-OH is 1. The second-order valence-corrected chi connectivity index (χ2v) is 4.16. The Bertz CT molecular complexity index is 294. The topological polar surface area (TPSA) is 23.5 Å². The lowest BCUT2D eigenvalue weighted by atomic mass is 10.1. The van der Waals surface area contributed by atoms with Gasteiger partial charge in [-0.1, -0.05) is 29.8 Å². The number of hydrogen-bond donors (Lipinski definition) is 1. The summed E-state index contributed by atoms with van der Waals surface area (Å²) in [4.78, 5) is 2.30. The number of aliphatic hydroxyl groups is 1. The van der Waals surface area contributed by atoms with Crippen LogP contribution < -0.4 is 0 Å². The smallest absolute Gasteiger partial charge is 0.0679 e. The van der Waals surface area contributed by atoms with Crippen molar-refractivity contribution in [2.45, 2.75) is 26.0 Å². The quantitative estimate of drug-likeness (QED) is 0.767. The van der Waals surface area contributed by atoms with Crippen LogP contribution in [0.2, 0.25) is 0 Å². The Hall–Kier alpha value is -0.860. The summed E-state index contributed by atoms with van der Waals surface area (Å²) < 4.78 is 0. The molecule has 1 saturated heterocycles. The summed E-state index contributed by atoms with van der Waals surface area (Å²) in [5, 5.41) is 9.38. The van der Waals surface area contributed by atoms with Crippen LogP contribution >= 0.6 is 0 Å². The molecule has 0 radical (unpaired) electrons. The number of rotatable bonds is 2. The van der Waals surface area contributed by atoms with Crippen molar-refractivity contribution in [1.82, 2.24) is 4.90 Å². The standard InChI is InChI=1S/C12H17NO/c1-10-2-4-11(5-3-10)8-13-7-6-12(14)9-13/h2-5,12,14H,6-9H2,1H3/t12-/m0/s1. The zero-order chi connectivity index (χ0) is 9.97. The first-order valence-corrected chi connectivity index (χ1v) is 5.20. The summed E-state index contributed by atoms with van der Waals surface area (Å²) in [6.45, 7) is 4.92. The SMILES string of the molecule is Cc1ccc(CN2CC[C@H](O)C2)cc1. The van der Waals surface area contributed by atoms with Crippen molar-refractivity contribution in [2.24, 2.45) is 0 Å². The van der Waals surface area contributed by atoms with Crippen molar-refractivity contribution in [3.63, 3.8) is 0 Å². The summed E-state index contributed by atoms with van der Waals surface area (Å²) in [6.07, 6.45) is 0.812. The first-order chi connectivity index (χ1) is 6.74. The normalized spacial score (nSPS) is 22.9. The molecule has 2 rings (SSSR count). The number of hydrogen-bond acceptors (Lipinski definition) is 2. The molecule has 1 aliphatic rings. The lowest BCUT2D eigenvalue weighted by molar-refractivity contribution is 0.175. The summed E-state index contributed by atoms with van der Waals surface area (Å²) in [5.74, 6) is 0. The summed E-state index contributed by atoms with van der Waals surface area (Å²) >= 11 is 0. The van der Waals surface area contributed by atoms with Crippen LogP contribution in [0.5, 0.6) is 0 Å². The fourth-order valence-electron chi connectivity index (χ4n) is 1.91. The van der Waals surface area contributed by atoms with Crippen LogP contribution in [0.25, 0.3) is 0 Å².